The molecule has 1 heterocycles. The highest BCUT2D eigenvalue weighted by atomic mass is 16.5. The van der Waals surface area contributed by atoms with Gasteiger partial charge in [-0.2, -0.15) is 5.53 Å². The predicted octanol–water partition coefficient (Wildman–Crippen LogP) is -0.667. The number of hydrazine groups is 2. The summed E-state index contributed by atoms with van der Waals surface area (Å²) in [7, 11) is 0. The highest BCUT2D eigenvalue weighted by Gasteiger charge is 2.12. The Hall–Kier alpha value is -1.83. The van der Waals surface area contributed by atoms with E-state index in [1.165, 1.54) is 0 Å². The molecule has 98 valence electrons. The van der Waals surface area contributed by atoms with Crippen LogP contribution in [0.3, 0.4) is 0 Å². The van der Waals surface area contributed by atoms with Crippen LogP contribution in [0, 0.1) is 0 Å². The van der Waals surface area contributed by atoms with Crippen molar-refractivity contribution < 1.29 is 9.53 Å². The second-order valence-corrected chi connectivity index (χ2v) is 4.01. The minimum Gasteiger partial charge on any atom is -0.397 e. The molecule has 0 radical (unpaired) electrons. The lowest BCUT2D eigenvalue weighted by Gasteiger charge is -2.27. The van der Waals surface area contributed by atoms with Crippen molar-refractivity contribution in [3.63, 3.8) is 0 Å². The first-order valence-corrected chi connectivity index (χ1v) is 5.70. The van der Waals surface area contributed by atoms with Gasteiger partial charge in [0, 0.05) is 18.7 Å². The first-order chi connectivity index (χ1) is 8.66. The fourth-order valence-electron chi connectivity index (χ4n) is 1.59. The maximum Gasteiger partial charge on any atom is 0.266 e. The number of rotatable bonds is 3. The van der Waals surface area contributed by atoms with Crippen LogP contribution in [0.25, 0.3) is 0 Å². The zero-order chi connectivity index (χ0) is 13.0. The van der Waals surface area contributed by atoms with Crippen molar-refractivity contribution in [2.24, 2.45) is 0 Å². The van der Waals surface area contributed by atoms with Crippen LogP contribution in [-0.2, 0) is 4.74 Å². The lowest BCUT2D eigenvalue weighted by Crippen LogP contribution is -2.53. The molecule has 1 aromatic carbocycles. The standard InChI is InChI=1S/C11H17N5O2/c12-9-2-1-8(7-10(9)13)11(17)14-15-16-3-5-18-6-4-16/h1-2,7,15H,3-6,12-13H2,(H,14,17). The van der Waals surface area contributed by atoms with Gasteiger partial charge in [0.15, 0.2) is 0 Å². The van der Waals surface area contributed by atoms with E-state index in [0.717, 1.165) is 13.1 Å². The number of carbonyl (C=O) groups excluding carboxylic acids is 1. The fourth-order valence-corrected chi connectivity index (χ4v) is 1.59. The molecule has 7 nitrogen and oxygen atoms in total. The molecule has 0 aliphatic carbocycles. The number of anilines is 2. The minimum absolute atomic E-state index is 0.256. The topological polar surface area (TPSA) is 106 Å². The summed E-state index contributed by atoms with van der Waals surface area (Å²) in [6.45, 7) is 2.75. The van der Waals surface area contributed by atoms with E-state index in [0.29, 0.717) is 30.2 Å². The van der Waals surface area contributed by atoms with Gasteiger partial charge in [0.2, 0.25) is 0 Å². The van der Waals surface area contributed by atoms with Crippen LogP contribution in [0.15, 0.2) is 18.2 Å². The Bertz CT molecular complexity index is 431. The van der Waals surface area contributed by atoms with Crippen LogP contribution in [0.1, 0.15) is 10.4 Å². The number of benzene rings is 1. The zero-order valence-corrected chi connectivity index (χ0v) is 9.98. The Labute approximate surface area is 105 Å². The Balaban J connectivity index is 1.88. The van der Waals surface area contributed by atoms with Gasteiger partial charge in [-0.25, -0.2) is 5.01 Å². The van der Waals surface area contributed by atoms with Crippen LogP contribution in [0.2, 0.25) is 0 Å². The van der Waals surface area contributed by atoms with Crippen LogP contribution in [0.5, 0.6) is 0 Å². The smallest absolute Gasteiger partial charge is 0.266 e. The first-order valence-electron chi connectivity index (χ1n) is 5.70. The number of hydrogen-bond acceptors (Lipinski definition) is 6. The van der Waals surface area contributed by atoms with E-state index in [-0.39, 0.29) is 5.91 Å². The summed E-state index contributed by atoms with van der Waals surface area (Å²) >= 11 is 0. The summed E-state index contributed by atoms with van der Waals surface area (Å²) in [5.74, 6) is -0.256. The molecule has 0 unspecified atom stereocenters. The predicted molar refractivity (Wildman–Crippen MR) is 68.3 cm³/mol. The highest BCUT2D eigenvalue weighted by molar-refractivity contribution is 5.95. The second kappa shape index (κ2) is 5.67. The summed E-state index contributed by atoms with van der Waals surface area (Å²) in [4.78, 5) is 11.8. The number of nitrogens with zero attached hydrogens (tertiary/aromatic N) is 1. The van der Waals surface area contributed by atoms with E-state index in [1.54, 1.807) is 18.2 Å². The number of carbonyl (C=O) groups is 1. The van der Waals surface area contributed by atoms with E-state index >= 15 is 0 Å². The summed E-state index contributed by atoms with van der Waals surface area (Å²) in [6, 6.07) is 4.78. The molecule has 18 heavy (non-hydrogen) atoms. The summed E-state index contributed by atoms with van der Waals surface area (Å²) in [5.41, 5.74) is 18.0. The van der Waals surface area contributed by atoms with Crippen molar-refractivity contribution in [2.45, 2.75) is 0 Å². The highest BCUT2D eigenvalue weighted by Crippen LogP contribution is 2.15. The van der Waals surface area contributed by atoms with Crippen molar-refractivity contribution in [1.29, 1.82) is 0 Å². The Kier molecular flexibility index (Phi) is 3.98. The number of amides is 1. The SMILES string of the molecule is Nc1ccc(C(=O)NNN2CCOCC2)cc1N. The number of nitrogens with one attached hydrogen (secondary N) is 2. The first kappa shape index (κ1) is 12.6. The molecule has 7 heteroatoms. The molecule has 1 saturated heterocycles. The van der Waals surface area contributed by atoms with Crippen LogP contribution >= 0.6 is 0 Å². The van der Waals surface area contributed by atoms with E-state index in [2.05, 4.69) is 11.0 Å². The summed E-state index contributed by atoms with van der Waals surface area (Å²) < 4.78 is 5.20. The molecule has 1 fully saturated rings. The maximum atomic E-state index is 11.8. The third-order valence-corrected chi connectivity index (χ3v) is 2.69. The molecule has 1 amide bonds. The quantitative estimate of drug-likeness (QED) is 0.419. The van der Waals surface area contributed by atoms with Crippen LogP contribution < -0.4 is 22.4 Å². The largest absolute Gasteiger partial charge is 0.397 e. The molecule has 1 aliphatic rings. The minimum atomic E-state index is -0.256. The van der Waals surface area contributed by atoms with Gasteiger partial charge in [-0.3, -0.25) is 10.2 Å². The third kappa shape index (κ3) is 3.10. The lowest BCUT2D eigenvalue weighted by molar-refractivity contribution is 0.00223. The molecule has 0 bridgehead atoms. The molecule has 2 rings (SSSR count). The zero-order valence-electron chi connectivity index (χ0n) is 9.98. The van der Waals surface area contributed by atoms with Crippen molar-refractivity contribution in [3.8, 4) is 0 Å². The number of nitrogens with two attached hydrogens (primary N) is 2. The van der Waals surface area contributed by atoms with E-state index in [9.17, 15) is 4.79 Å². The molecular formula is C11H17N5O2. The van der Waals surface area contributed by atoms with Gasteiger partial charge >= 0.3 is 0 Å². The molecule has 0 spiro atoms. The molecular weight excluding hydrogens is 234 g/mol. The van der Waals surface area contributed by atoms with Crippen LogP contribution in [0.4, 0.5) is 11.4 Å². The normalized spacial score (nSPS) is 16.4. The molecule has 0 aromatic heterocycles. The van der Waals surface area contributed by atoms with Gasteiger partial charge < -0.3 is 16.2 Å². The molecule has 1 aromatic rings. The van der Waals surface area contributed by atoms with Crippen LogP contribution in [-0.4, -0.2) is 37.2 Å². The van der Waals surface area contributed by atoms with Gasteiger partial charge in [0.25, 0.3) is 5.91 Å². The molecule has 1 aliphatic heterocycles. The van der Waals surface area contributed by atoms with Crippen molar-refractivity contribution in [2.75, 3.05) is 37.8 Å². The number of hydrogen-bond donors (Lipinski definition) is 4. The van der Waals surface area contributed by atoms with E-state index < -0.39 is 0 Å². The lowest BCUT2D eigenvalue weighted by atomic mass is 10.1. The van der Waals surface area contributed by atoms with Gasteiger partial charge in [-0.1, -0.05) is 0 Å². The van der Waals surface area contributed by atoms with Crippen molar-refractivity contribution in [3.05, 3.63) is 23.8 Å². The maximum absolute atomic E-state index is 11.8. The average molecular weight is 251 g/mol. The number of ether oxygens (including phenoxy) is 1. The molecule has 0 saturated carbocycles. The van der Waals surface area contributed by atoms with E-state index in [4.69, 9.17) is 16.2 Å². The average Bonchev–Trinajstić information content (AvgIpc) is 2.40. The van der Waals surface area contributed by atoms with E-state index in [1.807, 2.05) is 5.01 Å². The second-order valence-electron chi connectivity index (χ2n) is 4.01. The Morgan fingerprint density at radius 1 is 1.22 bits per heavy atom. The number of nitrogen functional groups attached to an aromatic ring is 2. The van der Waals surface area contributed by atoms with Gasteiger partial charge in [0.05, 0.1) is 24.6 Å². The van der Waals surface area contributed by atoms with Gasteiger partial charge in [0.1, 0.15) is 0 Å². The number of morpholine rings is 1. The summed E-state index contributed by atoms with van der Waals surface area (Å²) in [6.07, 6.45) is 0. The van der Waals surface area contributed by atoms with Crippen molar-refractivity contribution in [1.82, 2.24) is 16.0 Å². The fraction of sp³-hybridized carbons (Fsp3) is 0.364. The Morgan fingerprint density at radius 3 is 2.61 bits per heavy atom. The third-order valence-electron chi connectivity index (χ3n) is 2.69. The monoisotopic (exact) mass is 251 g/mol. The van der Waals surface area contributed by atoms with Gasteiger partial charge in [-0.15, -0.1) is 0 Å². The summed E-state index contributed by atoms with van der Waals surface area (Å²) in [5, 5.41) is 1.88. The molecule has 6 N–H and O–H groups in total. The van der Waals surface area contributed by atoms with Gasteiger partial charge in [-0.05, 0) is 18.2 Å². The van der Waals surface area contributed by atoms with Crippen molar-refractivity contribution >= 4 is 17.3 Å². The molecule has 0 atom stereocenters. The Morgan fingerprint density at radius 2 is 1.94 bits per heavy atom.